The van der Waals surface area contributed by atoms with Crippen molar-refractivity contribution in [3.8, 4) is 0 Å². The average molecular weight is 331 g/mol. The summed E-state index contributed by atoms with van der Waals surface area (Å²) in [4.78, 5) is 21.2. The molecular weight excluding hydrogens is 302 g/mol. The van der Waals surface area contributed by atoms with E-state index in [0.29, 0.717) is 12.5 Å². The molecule has 132 valence electrons. The van der Waals surface area contributed by atoms with Crippen LogP contribution in [0, 0.1) is 5.92 Å². The maximum absolute atomic E-state index is 11.9. The fourth-order valence-corrected chi connectivity index (χ4v) is 3.16. The highest BCUT2D eigenvalue weighted by molar-refractivity contribution is 5.74. The number of amides is 2. The van der Waals surface area contributed by atoms with E-state index in [4.69, 9.17) is 0 Å². The first kappa shape index (κ1) is 17.0. The molecule has 6 nitrogen and oxygen atoms in total. The van der Waals surface area contributed by atoms with Gasteiger partial charge in [0.2, 0.25) is 0 Å². The van der Waals surface area contributed by atoms with Crippen LogP contribution >= 0.6 is 0 Å². The Balaban J connectivity index is 1.43. The monoisotopic (exact) mass is 331 g/mol. The molecule has 2 fully saturated rings. The standard InChI is InChI=1S/C18H29N5O/c1-3-22-8-10-23(11-9-22)17-7-4-15(12-19-17)13-20-18(24)21-14(2)16-5-6-16/h4,7,12,14,16H,3,5-6,8-11,13H2,1-2H3,(H2,20,21,24). The number of likely N-dealkylation sites (N-methyl/N-ethyl adjacent to an activating group) is 1. The average Bonchev–Trinajstić information content (AvgIpc) is 3.46. The molecule has 0 bridgehead atoms. The summed E-state index contributed by atoms with van der Waals surface area (Å²) in [5, 5.41) is 5.92. The Kier molecular flexibility index (Phi) is 5.56. The zero-order valence-corrected chi connectivity index (χ0v) is 14.8. The van der Waals surface area contributed by atoms with E-state index in [1.54, 1.807) is 0 Å². The number of aromatic nitrogens is 1. The third-order valence-electron chi connectivity index (χ3n) is 5.09. The summed E-state index contributed by atoms with van der Waals surface area (Å²) < 4.78 is 0. The number of urea groups is 1. The summed E-state index contributed by atoms with van der Waals surface area (Å²) >= 11 is 0. The minimum Gasteiger partial charge on any atom is -0.354 e. The molecule has 6 heteroatoms. The van der Waals surface area contributed by atoms with Crippen molar-refractivity contribution in [1.29, 1.82) is 0 Å². The molecule has 2 aliphatic rings. The van der Waals surface area contributed by atoms with Crippen LogP contribution in [-0.2, 0) is 6.54 Å². The molecule has 1 saturated heterocycles. The molecule has 2 amide bonds. The normalized spacial score (nSPS) is 19.8. The van der Waals surface area contributed by atoms with Crippen molar-refractivity contribution in [2.75, 3.05) is 37.6 Å². The van der Waals surface area contributed by atoms with E-state index in [9.17, 15) is 4.79 Å². The number of nitrogens with zero attached hydrogens (tertiary/aromatic N) is 3. The summed E-state index contributed by atoms with van der Waals surface area (Å²) in [7, 11) is 0. The number of anilines is 1. The zero-order chi connectivity index (χ0) is 16.9. The number of hydrogen-bond acceptors (Lipinski definition) is 4. The first-order chi connectivity index (χ1) is 11.7. The lowest BCUT2D eigenvalue weighted by Gasteiger charge is -2.34. The Bertz CT molecular complexity index is 535. The number of hydrogen-bond donors (Lipinski definition) is 2. The third kappa shape index (κ3) is 4.60. The van der Waals surface area contributed by atoms with Crippen LogP contribution in [0.2, 0.25) is 0 Å². The minimum atomic E-state index is -0.0887. The van der Waals surface area contributed by atoms with Crippen molar-refractivity contribution in [3.05, 3.63) is 23.9 Å². The van der Waals surface area contributed by atoms with Gasteiger partial charge in [-0.3, -0.25) is 0 Å². The second kappa shape index (κ2) is 7.83. The minimum absolute atomic E-state index is 0.0887. The van der Waals surface area contributed by atoms with Crippen LogP contribution in [0.25, 0.3) is 0 Å². The van der Waals surface area contributed by atoms with Crippen molar-refractivity contribution in [3.63, 3.8) is 0 Å². The predicted molar refractivity (Wildman–Crippen MR) is 96.1 cm³/mol. The second-order valence-corrected chi connectivity index (χ2v) is 6.90. The van der Waals surface area contributed by atoms with Gasteiger partial charge in [-0.25, -0.2) is 9.78 Å². The molecule has 2 N–H and O–H groups in total. The Hall–Kier alpha value is -1.82. The van der Waals surface area contributed by atoms with Gasteiger partial charge in [0.25, 0.3) is 0 Å². The first-order valence-electron chi connectivity index (χ1n) is 9.12. The molecular formula is C18H29N5O. The molecule has 1 unspecified atom stereocenters. The molecule has 1 atom stereocenters. The van der Waals surface area contributed by atoms with Crippen LogP contribution in [0.15, 0.2) is 18.3 Å². The van der Waals surface area contributed by atoms with E-state index in [2.05, 4.69) is 51.4 Å². The molecule has 1 aromatic heterocycles. The van der Waals surface area contributed by atoms with Gasteiger partial charge >= 0.3 is 6.03 Å². The van der Waals surface area contributed by atoms with Crippen LogP contribution in [0.1, 0.15) is 32.3 Å². The highest BCUT2D eigenvalue weighted by atomic mass is 16.2. The van der Waals surface area contributed by atoms with Crippen LogP contribution in [0.5, 0.6) is 0 Å². The SMILES string of the molecule is CCN1CCN(c2ccc(CNC(=O)NC(C)C3CC3)cn2)CC1. The smallest absolute Gasteiger partial charge is 0.315 e. The lowest BCUT2D eigenvalue weighted by Crippen LogP contribution is -2.46. The lowest BCUT2D eigenvalue weighted by atomic mass is 10.2. The number of carbonyl (C=O) groups excluding carboxylic acids is 1. The van der Waals surface area contributed by atoms with E-state index in [1.807, 2.05) is 6.20 Å². The van der Waals surface area contributed by atoms with Gasteiger partial charge in [0, 0.05) is 45.0 Å². The summed E-state index contributed by atoms with van der Waals surface area (Å²) in [6, 6.07) is 4.30. The van der Waals surface area contributed by atoms with Crippen molar-refractivity contribution in [2.45, 2.75) is 39.3 Å². The van der Waals surface area contributed by atoms with Gasteiger partial charge in [-0.1, -0.05) is 13.0 Å². The van der Waals surface area contributed by atoms with Crippen LogP contribution in [-0.4, -0.2) is 54.7 Å². The van der Waals surface area contributed by atoms with E-state index in [0.717, 1.165) is 44.1 Å². The van der Waals surface area contributed by atoms with Crippen molar-refractivity contribution in [2.24, 2.45) is 5.92 Å². The molecule has 1 aromatic rings. The number of rotatable bonds is 6. The van der Waals surface area contributed by atoms with Crippen molar-refractivity contribution >= 4 is 11.8 Å². The van der Waals surface area contributed by atoms with Crippen LogP contribution in [0.4, 0.5) is 10.6 Å². The van der Waals surface area contributed by atoms with Crippen LogP contribution in [0.3, 0.4) is 0 Å². The number of nitrogens with one attached hydrogen (secondary N) is 2. The number of carbonyl (C=O) groups is 1. The zero-order valence-electron chi connectivity index (χ0n) is 14.8. The molecule has 0 aromatic carbocycles. The fraction of sp³-hybridized carbons (Fsp3) is 0.667. The molecule has 1 saturated carbocycles. The van der Waals surface area contributed by atoms with Gasteiger partial charge in [-0.15, -0.1) is 0 Å². The third-order valence-corrected chi connectivity index (χ3v) is 5.09. The Labute approximate surface area is 144 Å². The van der Waals surface area contributed by atoms with Crippen LogP contribution < -0.4 is 15.5 Å². The maximum atomic E-state index is 11.9. The van der Waals surface area contributed by atoms with Gasteiger partial charge in [0.1, 0.15) is 5.82 Å². The van der Waals surface area contributed by atoms with Gasteiger partial charge in [0.05, 0.1) is 0 Å². The maximum Gasteiger partial charge on any atom is 0.315 e. The molecule has 0 radical (unpaired) electrons. The lowest BCUT2D eigenvalue weighted by molar-refractivity contribution is 0.236. The quantitative estimate of drug-likeness (QED) is 0.835. The van der Waals surface area contributed by atoms with Gasteiger partial charge in [-0.05, 0) is 43.9 Å². The van der Waals surface area contributed by atoms with Gasteiger partial charge < -0.3 is 20.4 Å². The van der Waals surface area contributed by atoms with Gasteiger partial charge in [0.15, 0.2) is 0 Å². The Morgan fingerprint density at radius 3 is 2.62 bits per heavy atom. The molecule has 0 spiro atoms. The summed E-state index contributed by atoms with van der Waals surface area (Å²) in [5.74, 6) is 1.70. The number of pyridine rings is 1. The molecule has 1 aliphatic carbocycles. The summed E-state index contributed by atoms with van der Waals surface area (Å²) in [6.07, 6.45) is 4.34. The fourth-order valence-electron chi connectivity index (χ4n) is 3.16. The van der Waals surface area contributed by atoms with E-state index >= 15 is 0 Å². The molecule has 2 heterocycles. The molecule has 24 heavy (non-hydrogen) atoms. The Morgan fingerprint density at radius 2 is 2.04 bits per heavy atom. The highest BCUT2D eigenvalue weighted by Crippen LogP contribution is 2.32. The van der Waals surface area contributed by atoms with Crippen molar-refractivity contribution in [1.82, 2.24) is 20.5 Å². The molecule has 3 rings (SSSR count). The summed E-state index contributed by atoms with van der Waals surface area (Å²) in [6.45, 7) is 10.2. The highest BCUT2D eigenvalue weighted by Gasteiger charge is 2.28. The van der Waals surface area contributed by atoms with Crippen molar-refractivity contribution < 1.29 is 4.79 Å². The van der Waals surface area contributed by atoms with Gasteiger partial charge in [-0.2, -0.15) is 0 Å². The topological polar surface area (TPSA) is 60.5 Å². The van der Waals surface area contributed by atoms with E-state index in [1.165, 1.54) is 12.8 Å². The predicted octanol–water partition coefficient (Wildman–Crippen LogP) is 1.82. The second-order valence-electron chi connectivity index (χ2n) is 6.90. The van der Waals surface area contributed by atoms with E-state index in [-0.39, 0.29) is 12.1 Å². The summed E-state index contributed by atoms with van der Waals surface area (Å²) in [5.41, 5.74) is 1.03. The molecule has 1 aliphatic heterocycles. The first-order valence-corrected chi connectivity index (χ1v) is 9.12. The number of piperazine rings is 1. The van der Waals surface area contributed by atoms with E-state index < -0.39 is 0 Å². The Morgan fingerprint density at radius 1 is 1.29 bits per heavy atom. The largest absolute Gasteiger partial charge is 0.354 e.